The Balaban J connectivity index is 1.32. The van der Waals surface area contributed by atoms with Crippen LogP contribution in [0.4, 0.5) is 17.1 Å². The van der Waals surface area contributed by atoms with Gasteiger partial charge in [0.15, 0.2) is 0 Å². The molecule has 0 unspecified atom stereocenters. The van der Waals surface area contributed by atoms with Gasteiger partial charge in [-0.05, 0) is 42.8 Å². The molecule has 8 heteroatoms. The van der Waals surface area contributed by atoms with Crippen LogP contribution in [0, 0.1) is 0 Å². The second-order valence-corrected chi connectivity index (χ2v) is 7.54. The van der Waals surface area contributed by atoms with E-state index in [4.69, 9.17) is 4.74 Å². The lowest BCUT2D eigenvalue weighted by molar-refractivity contribution is -0.117. The predicted octanol–water partition coefficient (Wildman–Crippen LogP) is 2.02. The average Bonchev–Trinajstić information content (AvgIpc) is 3.24. The highest BCUT2D eigenvalue weighted by Gasteiger charge is 2.22. The topological polar surface area (TPSA) is 91.0 Å². The molecule has 2 aliphatic heterocycles. The molecular weight excluding hydrogens is 396 g/mol. The van der Waals surface area contributed by atoms with Crippen LogP contribution >= 0.6 is 0 Å². The minimum Gasteiger partial charge on any atom is -0.378 e. The SMILES string of the molecule is O=C(CNC(=O)c1ccc(N2CCCC2=O)cc1)Nc1ccccc1N1CCOCC1. The van der Waals surface area contributed by atoms with Gasteiger partial charge in [0.25, 0.3) is 5.91 Å². The normalized spacial score (nSPS) is 16.3. The van der Waals surface area contributed by atoms with Crippen LogP contribution in [0.3, 0.4) is 0 Å². The van der Waals surface area contributed by atoms with Crippen molar-refractivity contribution in [2.24, 2.45) is 0 Å². The first-order valence-electron chi connectivity index (χ1n) is 10.5. The summed E-state index contributed by atoms with van der Waals surface area (Å²) in [6.45, 7) is 3.41. The zero-order valence-corrected chi connectivity index (χ0v) is 17.3. The van der Waals surface area contributed by atoms with Gasteiger partial charge in [0, 0.05) is 37.3 Å². The van der Waals surface area contributed by atoms with Crippen LogP contribution in [0.25, 0.3) is 0 Å². The van der Waals surface area contributed by atoms with Crippen LogP contribution in [0.2, 0.25) is 0 Å². The number of anilines is 3. The van der Waals surface area contributed by atoms with Crippen LogP contribution in [-0.2, 0) is 14.3 Å². The fourth-order valence-corrected chi connectivity index (χ4v) is 3.83. The summed E-state index contributed by atoms with van der Waals surface area (Å²) in [6, 6.07) is 14.5. The van der Waals surface area contributed by atoms with Crippen molar-refractivity contribution < 1.29 is 19.1 Å². The number of nitrogens with zero attached hydrogens (tertiary/aromatic N) is 2. The fraction of sp³-hybridized carbons (Fsp3) is 0.348. The number of para-hydroxylation sites is 2. The van der Waals surface area contributed by atoms with E-state index in [9.17, 15) is 14.4 Å². The molecule has 2 heterocycles. The summed E-state index contributed by atoms with van der Waals surface area (Å²) < 4.78 is 5.39. The number of carbonyl (C=O) groups excluding carboxylic acids is 3. The first kappa shape index (κ1) is 20.9. The molecule has 8 nitrogen and oxygen atoms in total. The van der Waals surface area contributed by atoms with Gasteiger partial charge in [0.2, 0.25) is 11.8 Å². The van der Waals surface area contributed by atoms with E-state index < -0.39 is 0 Å². The standard InChI is InChI=1S/C23H26N4O4/c28-21(25-19-4-1-2-5-20(19)26-12-14-31-15-13-26)16-24-23(30)17-7-9-18(10-8-17)27-11-3-6-22(27)29/h1-2,4-5,7-10H,3,6,11-16H2,(H,24,30)(H,25,28). The van der Waals surface area contributed by atoms with Crippen molar-refractivity contribution in [1.29, 1.82) is 0 Å². The van der Waals surface area contributed by atoms with E-state index in [0.717, 1.165) is 30.9 Å². The lowest BCUT2D eigenvalue weighted by Crippen LogP contribution is -2.37. The van der Waals surface area contributed by atoms with Gasteiger partial charge in [-0.1, -0.05) is 12.1 Å². The Morgan fingerprint density at radius 3 is 2.42 bits per heavy atom. The van der Waals surface area contributed by atoms with Crippen LogP contribution in [0.1, 0.15) is 23.2 Å². The van der Waals surface area contributed by atoms with E-state index >= 15 is 0 Å². The largest absolute Gasteiger partial charge is 0.378 e. The summed E-state index contributed by atoms with van der Waals surface area (Å²) in [5.74, 6) is -0.532. The molecule has 0 bridgehead atoms. The lowest BCUT2D eigenvalue weighted by Gasteiger charge is -2.30. The van der Waals surface area contributed by atoms with Crippen LogP contribution in [0.15, 0.2) is 48.5 Å². The minimum atomic E-state index is -0.337. The molecule has 0 aliphatic carbocycles. The third-order valence-corrected chi connectivity index (χ3v) is 5.45. The van der Waals surface area contributed by atoms with Crippen LogP contribution in [0.5, 0.6) is 0 Å². The molecule has 3 amide bonds. The molecule has 0 radical (unpaired) electrons. The zero-order valence-electron chi connectivity index (χ0n) is 17.3. The average molecular weight is 422 g/mol. The maximum Gasteiger partial charge on any atom is 0.251 e. The Labute approximate surface area is 181 Å². The molecule has 2 aromatic carbocycles. The van der Waals surface area contributed by atoms with Crippen molar-refractivity contribution in [1.82, 2.24) is 5.32 Å². The first-order valence-corrected chi connectivity index (χ1v) is 10.5. The first-order chi connectivity index (χ1) is 15.1. The van der Waals surface area contributed by atoms with Gasteiger partial charge < -0.3 is 25.2 Å². The highest BCUT2D eigenvalue weighted by molar-refractivity contribution is 6.01. The van der Waals surface area contributed by atoms with E-state index in [1.807, 2.05) is 24.3 Å². The third kappa shape index (κ3) is 5.03. The zero-order chi connectivity index (χ0) is 21.6. The van der Waals surface area contributed by atoms with Gasteiger partial charge in [0.1, 0.15) is 0 Å². The molecule has 2 aromatic rings. The summed E-state index contributed by atoms with van der Waals surface area (Å²) in [6.07, 6.45) is 1.41. The van der Waals surface area contributed by atoms with Crippen molar-refractivity contribution in [2.75, 3.05) is 54.5 Å². The Kier molecular flexibility index (Phi) is 6.47. The van der Waals surface area contributed by atoms with Gasteiger partial charge in [-0.15, -0.1) is 0 Å². The molecule has 2 saturated heterocycles. The van der Waals surface area contributed by atoms with Crippen molar-refractivity contribution >= 4 is 34.8 Å². The van der Waals surface area contributed by atoms with Gasteiger partial charge in [-0.2, -0.15) is 0 Å². The van der Waals surface area contributed by atoms with Gasteiger partial charge in [-0.3, -0.25) is 14.4 Å². The monoisotopic (exact) mass is 422 g/mol. The molecule has 4 rings (SSSR count). The van der Waals surface area contributed by atoms with E-state index in [1.165, 1.54) is 0 Å². The number of nitrogens with one attached hydrogen (secondary N) is 2. The van der Waals surface area contributed by atoms with E-state index in [-0.39, 0.29) is 24.3 Å². The fourth-order valence-electron chi connectivity index (χ4n) is 3.83. The number of benzene rings is 2. The molecule has 31 heavy (non-hydrogen) atoms. The second kappa shape index (κ2) is 9.61. The van der Waals surface area contributed by atoms with Gasteiger partial charge >= 0.3 is 0 Å². The van der Waals surface area contributed by atoms with Gasteiger partial charge in [0.05, 0.1) is 31.1 Å². The van der Waals surface area contributed by atoms with E-state index in [1.54, 1.807) is 29.2 Å². The summed E-state index contributed by atoms with van der Waals surface area (Å²) in [7, 11) is 0. The molecule has 0 saturated carbocycles. The van der Waals surface area contributed by atoms with Crippen LogP contribution < -0.4 is 20.4 Å². The minimum absolute atomic E-state index is 0.103. The third-order valence-electron chi connectivity index (χ3n) is 5.45. The molecule has 2 fully saturated rings. The smallest absolute Gasteiger partial charge is 0.251 e. The van der Waals surface area contributed by atoms with Crippen molar-refractivity contribution in [3.05, 3.63) is 54.1 Å². The summed E-state index contributed by atoms with van der Waals surface area (Å²) >= 11 is 0. The second-order valence-electron chi connectivity index (χ2n) is 7.54. The molecule has 0 aromatic heterocycles. The lowest BCUT2D eigenvalue weighted by atomic mass is 10.2. The van der Waals surface area contributed by atoms with Crippen LogP contribution in [-0.4, -0.2) is 57.1 Å². The number of morpholine rings is 1. The Morgan fingerprint density at radius 1 is 0.968 bits per heavy atom. The highest BCUT2D eigenvalue weighted by atomic mass is 16.5. The molecular formula is C23H26N4O4. The molecule has 162 valence electrons. The van der Waals surface area contributed by atoms with Crippen molar-refractivity contribution in [3.8, 4) is 0 Å². The Bertz CT molecular complexity index is 954. The number of rotatable bonds is 6. The summed E-state index contributed by atoms with van der Waals surface area (Å²) in [4.78, 5) is 40.6. The number of hydrogen-bond acceptors (Lipinski definition) is 5. The maximum absolute atomic E-state index is 12.4. The number of amides is 3. The highest BCUT2D eigenvalue weighted by Crippen LogP contribution is 2.26. The molecule has 2 N–H and O–H groups in total. The number of ether oxygens (including phenoxy) is 1. The number of carbonyl (C=O) groups is 3. The Hall–Kier alpha value is -3.39. The summed E-state index contributed by atoms with van der Waals surface area (Å²) in [5.41, 5.74) is 2.88. The summed E-state index contributed by atoms with van der Waals surface area (Å²) in [5, 5.41) is 5.54. The Morgan fingerprint density at radius 2 is 1.71 bits per heavy atom. The molecule has 0 atom stereocenters. The van der Waals surface area contributed by atoms with Gasteiger partial charge in [-0.25, -0.2) is 0 Å². The maximum atomic E-state index is 12.4. The molecule has 2 aliphatic rings. The van der Waals surface area contributed by atoms with E-state index in [2.05, 4.69) is 15.5 Å². The van der Waals surface area contributed by atoms with E-state index in [0.29, 0.717) is 37.4 Å². The van der Waals surface area contributed by atoms with Crippen molar-refractivity contribution in [3.63, 3.8) is 0 Å². The predicted molar refractivity (Wildman–Crippen MR) is 118 cm³/mol. The van der Waals surface area contributed by atoms with Crippen molar-refractivity contribution in [2.45, 2.75) is 12.8 Å². The number of hydrogen-bond donors (Lipinski definition) is 2. The quantitative estimate of drug-likeness (QED) is 0.743. The molecule has 0 spiro atoms.